The Bertz CT molecular complexity index is 338. The lowest BCUT2D eigenvalue weighted by molar-refractivity contribution is -0.0840. The van der Waals surface area contributed by atoms with Crippen molar-refractivity contribution in [3.8, 4) is 0 Å². The molecule has 0 heterocycles. The van der Waals surface area contributed by atoms with E-state index in [4.69, 9.17) is 0 Å². The van der Waals surface area contributed by atoms with Gasteiger partial charge in [0.25, 0.3) is 0 Å². The smallest absolute Gasteiger partial charge is 0.106 e. The molecule has 0 spiro atoms. The van der Waals surface area contributed by atoms with E-state index in [-0.39, 0.29) is 0 Å². The summed E-state index contributed by atoms with van der Waals surface area (Å²) in [5, 5.41) is 22.4. The van der Waals surface area contributed by atoms with Crippen molar-refractivity contribution in [2.24, 2.45) is 0 Å². The maximum atomic E-state index is 9.57. The Labute approximate surface area is 182 Å². The second-order valence-corrected chi connectivity index (χ2v) is 8.60. The minimum atomic E-state index is -0.606. The third-order valence-electron chi connectivity index (χ3n) is 5.66. The summed E-state index contributed by atoms with van der Waals surface area (Å²) in [4.78, 5) is 1.68. The van der Waals surface area contributed by atoms with Crippen molar-refractivity contribution in [3.63, 3.8) is 0 Å². The third-order valence-corrected chi connectivity index (χ3v) is 5.66. The maximum Gasteiger partial charge on any atom is 0.106 e. The van der Waals surface area contributed by atoms with Crippen LogP contribution in [0.15, 0.2) is 12.3 Å². The number of nitrogens with zero attached hydrogens (tertiary/aromatic N) is 1. The highest BCUT2D eigenvalue weighted by molar-refractivity contribution is 4.79. The zero-order valence-corrected chi connectivity index (χ0v) is 19.9. The Hall–Kier alpha value is -0.580. The van der Waals surface area contributed by atoms with Gasteiger partial charge in [-0.25, -0.2) is 0 Å². The Morgan fingerprint density at radius 3 is 1.59 bits per heavy atom. The molecule has 2 atom stereocenters. The Balaban J connectivity index is 3.25. The molecule has 0 rings (SSSR count). The summed E-state index contributed by atoms with van der Waals surface area (Å²) in [6.07, 6.45) is 24.8. The largest absolute Gasteiger partial charge is 0.391 e. The lowest BCUT2D eigenvalue weighted by atomic mass is 10.0. The highest BCUT2D eigenvalue weighted by Gasteiger charge is 2.14. The van der Waals surface area contributed by atoms with Gasteiger partial charge in [0.1, 0.15) is 12.5 Å². The van der Waals surface area contributed by atoms with E-state index in [0.29, 0.717) is 6.54 Å². The fourth-order valence-electron chi connectivity index (χ4n) is 3.76. The second kappa shape index (κ2) is 22.1. The predicted octanol–water partition coefficient (Wildman–Crippen LogP) is 6.33. The molecule has 4 heteroatoms. The first-order valence-corrected chi connectivity index (χ1v) is 12.6. The first-order chi connectivity index (χ1) is 14.1. The first-order valence-electron chi connectivity index (χ1n) is 12.6. The van der Waals surface area contributed by atoms with E-state index in [1.807, 2.05) is 0 Å². The lowest BCUT2D eigenvalue weighted by Gasteiger charge is -2.27. The summed E-state index contributed by atoms with van der Waals surface area (Å²) in [6, 6.07) is 0. The quantitative estimate of drug-likeness (QED) is 0.144. The van der Waals surface area contributed by atoms with Crippen LogP contribution >= 0.6 is 0 Å². The zero-order valence-electron chi connectivity index (χ0n) is 19.9. The molecule has 0 aliphatic rings. The van der Waals surface area contributed by atoms with Crippen molar-refractivity contribution >= 4 is 0 Å². The van der Waals surface area contributed by atoms with Gasteiger partial charge in [0.15, 0.2) is 0 Å². The van der Waals surface area contributed by atoms with E-state index < -0.39 is 12.5 Å². The van der Waals surface area contributed by atoms with Crippen LogP contribution in [0.2, 0.25) is 0 Å². The summed E-state index contributed by atoms with van der Waals surface area (Å²) in [7, 11) is 0. The highest BCUT2D eigenvalue weighted by atomic mass is 16.3. The van der Waals surface area contributed by atoms with Gasteiger partial charge in [0.2, 0.25) is 0 Å². The van der Waals surface area contributed by atoms with Crippen LogP contribution in [0.5, 0.6) is 0 Å². The number of hydrogen-bond acceptors (Lipinski definition) is 4. The molecule has 4 nitrogen and oxygen atoms in total. The van der Waals surface area contributed by atoms with Gasteiger partial charge >= 0.3 is 0 Å². The van der Waals surface area contributed by atoms with Gasteiger partial charge in [-0.3, -0.25) is 4.90 Å². The Kier molecular flexibility index (Phi) is 21.7. The standard InChI is InChI=1S/C25H52N2O2/c1-4-5-6-7-8-9-10-11-12-13-14-15-16-17-18-19-21-26-22-20-23-27(24(2)28)25(3)29/h19,21,24-26,28-29H,4-18,20,22-23H2,1-3H3. The highest BCUT2D eigenvalue weighted by Crippen LogP contribution is 2.13. The molecule has 0 bridgehead atoms. The van der Waals surface area contributed by atoms with Crippen molar-refractivity contribution < 1.29 is 10.2 Å². The van der Waals surface area contributed by atoms with Gasteiger partial charge in [-0.2, -0.15) is 0 Å². The van der Waals surface area contributed by atoms with E-state index in [1.54, 1.807) is 18.7 Å². The zero-order chi connectivity index (χ0) is 21.6. The van der Waals surface area contributed by atoms with Crippen LogP contribution in [0.1, 0.15) is 124 Å². The van der Waals surface area contributed by atoms with E-state index in [2.05, 4.69) is 24.5 Å². The molecule has 0 amide bonds. The number of allylic oxidation sites excluding steroid dienone is 1. The summed E-state index contributed by atoms with van der Waals surface area (Å²) < 4.78 is 0. The average Bonchev–Trinajstić information content (AvgIpc) is 2.68. The number of hydrogen-bond donors (Lipinski definition) is 3. The molecule has 174 valence electrons. The molecule has 3 N–H and O–H groups in total. The van der Waals surface area contributed by atoms with Gasteiger partial charge in [0, 0.05) is 13.1 Å². The van der Waals surface area contributed by atoms with Crippen LogP contribution in [-0.2, 0) is 0 Å². The fourth-order valence-corrected chi connectivity index (χ4v) is 3.76. The van der Waals surface area contributed by atoms with E-state index >= 15 is 0 Å². The van der Waals surface area contributed by atoms with Crippen molar-refractivity contribution in [3.05, 3.63) is 12.3 Å². The SMILES string of the molecule is CCCCCCCCCCCCCCCCC=CNCCCN(C(C)O)C(C)O. The van der Waals surface area contributed by atoms with Crippen LogP contribution in [-0.4, -0.2) is 40.7 Å². The van der Waals surface area contributed by atoms with Gasteiger partial charge in [-0.05, 0) is 39.3 Å². The van der Waals surface area contributed by atoms with Crippen LogP contribution in [0.4, 0.5) is 0 Å². The lowest BCUT2D eigenvalue weighted by Crippen LogP contribution is -2.41. The molecule has 0 aromatic carbocycles. The summed E-state index contributed by atoms with van der Waals surface area (Å²) in [5.74, 6) is 0. The van der Waals surface area contributed by atoms with Crippen molar-refractivity contribution in [2.45, 2.75) is 136 Å². The topological polar surface area (TPSA) is 55.7 Å². The molecule has 0 radical (unpaired) electrons. The molecule has 0 saturated carbocycles. The predicted molar refractivity (Wildman–Crippen MR) is 127 cm³/mol. The molecule has 0 fully saturated rings. The second-order valence-electron chi connectivity index (χ2n) is 8.60. The van der Waals surface area contributed by atoms with Gasteiger partial charge in [-0.1, -0.05) is 96.5 Å². The summed E-state index contributed by atoms with van der Waals surface area (Å²) >= 11 is 0. The van der Waals surface area contributed by atoms with Gasteiger partial charge in [0.05, 0.1) is 0 Å². The number of aliphatic hydroxyl groups excluding tert-OH is 2. The number of nitrogens with one attached hydrogen (secondary N) is 1. The first kappa shape index (κ1) is 28.4. The fraction of sp³-hybridized carbons (Fsp3) is 0.920. The number of aliphatic hydroxyl groups is 2. The molecular weight excluding hydrogens is 360 g/mol. The van der Waals surface area contributed by atoms with E-state index in [9.17, 15) is 10.2 Å². The minimum absolute atomic E-state index is 0.606. The molecule has 0 saturated heterocycles. The molecule has 0 aromatic heterocycles. The molecular formula is C25H52N2O2. The number of unbranched alkanes of at least 4 members (excludes halogenated alkanes) is 14. The van der Waals surface area contributed by atoms with Crippen LogP contribution < -0.4 is 5.32 Å². The molecule has 2 unspecified atom stereocenters. The van der Waals surface area contributed by atoms with Crippen molar-refractivity contribution in [1.82, 2.24) is 10.2 Å². The van der Waals surface area contributed by atoms with E-state index in [0.717, 1.165) is 19.4 Å². The summed E-state index contributed by atoms with van der Waals surface area (Å²) in [6.45, 7) is 7.22. The normalized spacial score (nSPS) is 14.0. The average molecular weight is 413 g/mol. The van der Waals surface area contributed by atoms with Crippen LogP contribution in [0, 0.1) is 0 Å². The van der Waals surface area contributed by atoms with Gasteiger partial charge in [-0.15, -0.1) is 0 Å². The Morgan fingerprint density at radius 1 is 0.690 bits per heavy atom. The maximum absolute atomic E-state index is 9.57. The molecule has 29 heavy (non-hydrogen) atoms. The van der Waals surface area contributed by atoms with Crippen molar-refractivity contribution in [2.75, 3.05) is 13.1 Å². The number of rotatable bonds is 22. The third kappa shape index (κ3) is 20.5. The van der Waals surface area contributed by atoms with Gasteiger partial charge < -0.3 is 15.5 Å². The van der Waals surface area contributed by atoms with E-state index in [1.165, 1.54) is 89.9 Å². The molecule has 0 aliphatic heterocycles. The minimum Gasteiger partial charge on any atom is -0.391 e. The Morgan fingerprint density at radius 2 is 1.14 bits per heavy atom. The summed E-state index contributed by atoms with van der Waals surface area (Å²) in [5.41, 5.74) is 0. The monoisotopic (exact) mass is 412 g/mol. The van der Waals surface area contributed by atoms with Crippen molar-refractivity contribution in [1.29, 1.82) is 0 Å². The van der Waals surface area contributed by atoms with Crippen LogP contribution in [0.3, 0.4) is 0 Å². The van der Waals surface area contributed by atoms with Crippen LogP contribution in [0.25, 0.3) is 0 Å². The molecule has 0 aromatic rings. The molecule has 0 aliphatic carbocycles.